The van der Waals surface area contributed by atoms with Crippen molar-refractivity contribution in [1.82, 2.24) is 0 Å². The summed E-state index contributed by atoms with van der Waals surface area (Å²) in [5, 5.41) is 11.1. The molecule has 0 radical (unpaired) electrons. The molecule has 2 aromatic rings. The Bertz CT molecular complexity index is 873. The van der Waals surface area contributed by atoms with Gasteiger partial charge in [0.25, 0.3) is 0 Å². The third-order valence-electron chi connectivity index (χ3n) is 3.73. The van der Waals surface area contributed by atoms with Crippen molar-refractivity contribution in [2.75, 3.05) is 7.11 Å². The van der Waals surface area contributed by atoms with Crippen molar-refractivity contribution in [2.45, 2.75) is 12.8 Å². The molecule has 1 aliphatic rings. The van der Waals surface area contributed by atoms with E-state index in [1.165, 1.54) is 24.5 Å². The number of thiophene rings is 1. The van der Waals surface area contributed by atoms with Gasteiger partial charge in [0.1, 0.15) is 11.6 Å². The molecule has 0 spiro atoms. The highest BCUT2D eigenvalue weighted by Gasteiger charge is 2.32. The maximum Gasteiger partial charge on any atom is 0.314 e. The van der Waals surface area contributed by atoms with Crippen LogP contribution in [0.5, 0.6) is 11.5 Å². The van der Waals surface area contributed by atoms with Crippen LogP contribution in [0.2, 0.25) is 0 Å². The van der Waals surface area contributed by atoms with Crippen molar-refractivity contribution >= 4 is 29.2 Å². The summed E-state index contributed by atoms with van der Waals surface area (Å²) in [5.41, 5.74) is 0.650. The standard InChI is InChI=1S/C19H15NO4S/c1-23-16-10-12(4-7-15(16)24-19(22)13-5-6-13)9-14(11-20)18(21)17-3-2-8-25-17/h2-4,7-10,13H,5-6H2,1H3/b14-9+. The number of allylic oxidation sites excluding steroid dienone is 1. The average molecular weight is 353 g/mol. The van der Waals surface area contributed by atoms with Crippen LogP contribution in [-0.4, -0.2) is 18.9 Å². The highest BCUT2D eigenvalue weighted by molar-refractivity contribution is 7.12. The van der Waals surface area contributed by atoms with Gasteiger partial charge in [-0.1, -0.05) is 12.1 Å². The first-order chi connectivity index (χ1) is 12.1. The first-order valence-electron chi connectivity index (χ1n) is 7.72. The Kier molecular flexibility index (Phi) is 4.96. The van der Waals surface area contributed by atoms with Gasteiger partial charge in [0.15, 0.2) is 11.5 Å². The number of nitrogens with zero attached hydrogens (tertiary/aromatic N) is 1. The van der Waals surface area contributed by atoms with Gasteiger partial charge in [0, 0.05) is 0 Å². The lowest BCUT2D eigenvalue weighted by Gasteiger charge is -2.09. The summed E-state index contributed by atoms with van der Waals surface area (Å²) in [7, 11) is 1.47. The number of methoxy groups -OCH3 is 1. The van der Waals surface area contributed by atoms with Gasteiger partial charge in [-0.25, -0.2) is 0 Å². The summed E-state index contributed by atoms with van der Waals surface area (Å²) >= 11 is 1.29. The Morgan fingerprint density at radius 2 is 2.08 bits per heavy atom. The van der Waals surface area contributed by atoms with E-state index in [4.69, 9.17) is 9.47 Å². The average Bonchev–Trinajstić information content (AvgIpc) is 3.34. The van der Waals surface area contributed by atoms with E-state index in [0.717, 1.165) is 12.8 Å². The van der Waals surface area contributed by atoms with E-state index in [9.17, 15) is 14.9 Å². The summed E-state index contributed by atoms with van der Waals surface area (Å²) < 4.78 is 10.6. The molecule has 5 nitrogen and oxygen atoms in total. The fraction of sp³-hybridized carbons (Fsp3) is 0.211. The van der Waals surface area contributed by atoms with E-state index in [1.807, 2.05) is 6.07 Å². The van der Waals surface area contributed by atoms with E-state index in [1.54, 1.807) is 35.7 Å². The minimum Gasteiger partial charge on any atom is -0.493 e. The van der Waals surface area contributed by atoms with Crippen LogP contribution in [-0.2, 0) is 4.79 Å². The van der Waals surface area contributed by atoms with Crippen LogP contribution in [0.1, 0.15) is 28.1 Å². The zero-order valence-corrected chi connectivity index (χ0v) is 14.3. The SMILES string of the molecule is COc1cc(/C=C(\C#N)C(=O)c2cccs2)ccc1OC(=O)C1CC1. The molecule has 0 amide bonds. The van der Waals surface area contributed by atoms with Gasteiger partial charge < -0.3 is 9.47 Å². The predicted octanol–water partition coefficient (Wildman–Crippen LogP) is 3.86. The molecule has 0 atom stereocenters. The van der Waals surface area contributed by atoms with Crippen LogP contribution in [0.3, 0.4) is 0 Å². The summed E-state index contributed by atoms with van der Waals surface area (Å²) in [6.45, 7) is 0. The van der Waals surface area contributed by atoms with E-state index < -0.39 is 0 Å². The number of esters is 1. The maximum atomic E-state index is 12.3. The molecule has 0 aliphatic heterocycles. The van der Waals surface area contributed by atoms with Crippen LogP contribution in [0.15, 0.2) is 41.3 Å². The minimum atomic E-state index is -0.319. The monoisotopic (exact) mass is 353 g/mol. The van der Waals surface area contributed by atoms with Crippen molar-refractivity contribution in [3.63, 3.8) is 0 Å². The number of benzene rings is 1. The number of ether oxygens (including phenoxy) is 2. The Morgan fingerprint density at radius 1 is 1.28 bits per heavy atom. The zero-order chi connectivity index (χ0) is 17.8. The molecule has 0 saturated heterocycles. The van der Waals surface area contributed by atoms with Crippen LogP contribution in [0.4, 0.5) is 0 Å². The van der Waals surface area contributed by atoms with Gasteiger partial charge in [-0.05, 0) is 48.1 Å². The number of hydrogen-bond donors (Lipinski definition) is 0. The second kappa shape index (κ2) is 7.32. The lowest BCUT2D eigenvalue weighted by molar-refractivity contribution is -0.135. The Hall–Kier alpha value is -2.91. The molecule has 1 aliphatic carbocycles. The topological polar surface area (TPSA) is 76.4 Å². The maximum absolute atomic E-state index is 12.3. The molecule has 0 unspecified atom stereocenters. The molecule has 25 heavy (non-hydrogen) atoms. The molecule has 1 aromatic carbocycles. The van der Waals surface area contributed by atoms with Crippen LogP contribution in [0, 0.1) is 17.2 Å². The minimum absolute atomic E-state index is 0.0158. The van der Waals surface area contributed by atoms with E-state index in [2.05, 4.69) is 0 Å². The Labute approximate surface area is 149 Å². The molecule has 0 N–H and O–H groups in total. The predicted molar refractivity (Wildman–Crippen MR) is 93.6 cm³/mol. The normalized spacial score (nSPS) is 13.8. The molecule has 1 heterocycles. The van der Waals surface area contributed by atoms with Gasteiger partial charge >= 0.3 is 5.97 Å². The third kappa shape index (κ3) is 3.95. The van der Waals surface area contributed by atoms with Crippen molar-refractivity contribution in [3.05, 3.63) is 51.7 Å². The molecule has 1 saturated carbocycles. The largest absolute Gasteiger partial charge is 0.493 e. The van der Waals surface area contributed by atoms with Crippen LogP contribution in [0.25, 0.3) is 6.08 Å². The molecular formula is C19H15NO4S. The quantitative estimate of drug-likeness (QED) is 0.259. The zero-order valence-electron chi connectivity index (χ0n) is 13.5. The molecule has 6 heteroatoms. The van der Waals surface area contributed by atoms with Crippen molar-refractivity contribution in [2.24, 2.45) is 5.92 Å². The van der Waals surface area contributed by atoms with E-state index in [-0.39, 0.29) is 23.2 Å². The Balaban J connectivity index is 1.85. The van der Waals surface area contributed by atoms with Gasteiger partial charge in [0.2, 0.25) is 5.78 Å². The number of ketones is 1. The first-order valence-corrected chi connectivity index (χ1v) is 8.60. The molecule has 126 valence electrons. The molecule has 0 bridgehead atoms. The fourth-order valence-electron chi connectivity index (χ4n) is 2.22. The van der Waals surface area contributed by atoms with Crippen LogP contribution >= 0.6 is 11.3 Å². The number of nitriles is 1. The number of carbonyl (C=O) groups is 2. The summed E-state index contributed by atoms with van der Waals surface area (Å²) in [6, 6.07) is 10.3. The molecule has 1 aromatic heterocycles. The second-order valence-electron chi connectivity index (χ2n) is 5.58. The smallest absolute Gasteiger partial charge is 0.314 e. The highest BCUT2D eigenvalue weighted by Crippen LogP contribution is 2.34. The lowest BCUT2D eigenvalue weighted by atomic mass is 10.1. The lowest BCUT2D eigenvalue weighted by Crippen LogP contribution is -2.10. The summed E-state index contributed by atoms with van der Waals surface area (Å²) in [4.78, 5) is 24.6. The van der Waals surface area contributed by atoms with Gasteiger partial charge in [-0.3, -0.25) is 9.59 Å². The highest BCUT2D eigenvalue weighted by atomic mass is 32.1. The van der Waals surface area contributed by atoms with E-state index >= 15 is 0 Å². The molecule has 1 fully saturated rings. The summed E-state index contributed by atoms with van der Waals surface area (Å²) in [6.07, 6.45) is 3.22. The number of carbonyl (C=O) groups excluding carboxylic acids is 2. The van der Waals surface area contributed by atoms with Crippen molar-refractivity contribution < 1.29 is 19.1 Å². The molecular weight excluding hydrogens is 338 g/mol. The van der Waals surface area contributed by atoms with Crippen molar-refractivity contribution in [1.29, 1.82) is 5.26 Å². The van der Waals surface area contributed by atoms with Gasteiger partial charge in [0.05, 0.1) is 17.9 Å². The number of rotatable bonds is 6. The second-order valence-corrected chi connectivity index (χ2v) is 6.53. The van der Waals surface area contributed by atoms with Crippen LogP contribution < -0.4 is 9.47 Å². The number of Topliss-reactive ketones (excluding diaryl/α,β-unsaturated/α-hetero) is 1. The Morgan fingerprint density at radius 3 is 2.68 bits per heavy atom. The van der Waals surface area contributed by atoms with E-state index in [0.29, 0.717) is 21.9 Å². The van der Waals surface area contributed by atoms with Gasteiger partial charge in [-0.2, -0.15) is 5.26 Å². The number of hydrogen-bond acceptors (Lipinski definition) is 6. The first kappa shape index (κ1) is 16.9. The summed E-state index contributed by atoms with van der Waals surface area (Å²) in [5.74, 6) is 0.119. The third-order valence-corrected chi connectivity index (χ3v) is 4.60. The fourth-order valence-corrected chi connectivity index (χ4v) is 2.90. The van der Waals surface area contributed by atoms with Crippen molar-refractivity contribution in [3.8, 4) is 17.6 Å². The van der Waals surface area contributed by atoms with Gasteiger partial charge in [-0.15, -0.1) is 11.3 Å². The molecule has 3 rings (SSSR count).